The van der Waals surface area contributed by atoms with Crippen molar-refractivity contribution in [3.8, 4) is 67.3 Å². The van der Waals surface area contributed by atoms with Crippen LogP contribution in [0.25, 0.3) is 99.6 Å². The van der Waals surface area contributed by atoms with E-state index in [1.165, 1.54) is 97.8 Å². The van der Waals surface area contributed by atoms with E-state index in [1.54, 1.807) is 11.1 Å². The molecule has 304 valence electrons. The van der Waals surface area contributed by atoms with Crippen LogP contribution in [0.3, 0.4) is 0 Å². The first-order valence-electron chi connectivity index (χ1n) is 23.4. The molecule has 15 rings (SSSR count). The summed E-state index contributed by atoms with van der Waals surface area (Å²) in [6.07, 6.45) is 7.01. The SMILES string of the molecule is c1ccc(-c2cc(-c3c4ccccc4c(-c4ccc(-c5cccc6c5-c5cc7ccccc7cc5C65C6CC7CC(C6)CC5C7)cc4)c4ccccc34)nc(-c3ccccc3)n2)cc1. The molecule has 1 spiro atoms. The highest BCUT2D eigenvalue weighted by Crippen LogP contribution is 2.70. The van der Waals surface area contributed by atoms with E-state index in [-0.39, 0.29) is 5.41 Å². The largest absolute Gasteiger partial charge is 0.228 e. The van der Waals surface area contributed by atoms with Crippen LogP contribution in [0, 0.1) is 23.7 Å². The van der Waals surface area contributed by atoms with Gasteiger partial charge in [0.2, 0.25) is 0 Å². The van der Waals surface area contributed by atoms with Crippen LogP contribution in [0.15, 0.2) is 194 Å². The van der Waals surface area contributed by atoms with Gasteiger partial charge >= 0.3 is 0 Å². The zero-order valence-electron chi connectivity index (χ0n) is 35.7. The van der Waals surface area contributed by atoms with Crippen molar-refractivity contribution in [3.05, 3.63) is 205 Å². The maximum absolute atomic E-state index is 5.35. The Morgan fingerprint density at radius 2 is 0.875 bits per heavy atom. The second kappa shape index (κ2) is 13.9. The summed E-state index contributed by atoms with van der Waals surface area (Å²) in [6, 6.07) is 71.9. The topological polar surface area (TPSA) is 25.8 Å². The Bertz CT molecular complexity index is 3350. The molecule has 0 aliphatic heterocycles. The molecule has 5 aliphatic rings. The minimum absolute atomic E-state index is 0.116. The van der Waals surface area contributed by atoms with Gasteiger partial charge in [-0.25, -0.2) is 9.97 Å². The van der Waals surface area contributed by atoms with Crippen molar-refractivity contribution in [2.45, 2.75) is 37.5 Å². The van der Waals surface area contributed by atoms with Crippen LogP contribution in [0.5, 0.6) is 0 Å². The Labute approximate surface area is 374 Å². The first-order chi connectivity index (χ1) is 31.7. The molecule has 4 bridgehead atoms. The second-order valence-electron chi connectivity index (χ2n) is 19.3. The molecule has 2 nitrogen and oxygen atoms in total. The van der Waals surface area contributed by atoms with Gasteiger partial charge in [-0.3, -0.25) is 0 Å². The van der Waals surface area contributed by atoms with Crippen LogP contribution in [-0.2, 0) is 5.41 Å². The van der Waals surface area contributed by atoms with Crippen LogP contribution in [0.1, 0.15) is 43.2 Å². The number of nitrogens with zero attached hydrogens (tertiary/aromatic N) is 2. The summed E-state index contributed by atoms with van der Waals surface area (Å²) in [7, 11) is 0. The van der Waals surface area contributed by atoms with Gasteiger partial charge < -0.3 is 0 Å². The van der Waals surface area contributed by atoms with E-state index in [4.69, 9.17) is 9.97 Å². The maximum Gasteiger partial charge on any atom is 0.160 e. The maximum atomic E-state index is 5.35. The lowest BCUT2D eigenvalue weighted by atomic mass is 9.43. The predicted octanol–water partition coefficient (Wildman–Crippen LogP) is 16.0. The van der Waals surface area contributed by atoms with Gasteiger partial charge in [0.25, 0.3) is 0 Å². The molecule has 0 radical (unpaired) electrons. The monoisotopic (exact) mass is 818 g/mol. The molecule has 1 heterocycles. The van der Waals surface area contributed by atoms with E-state index in [1.807, 2.05) is 6.07 Å². The molecule has 9 aromatic carbocycles. The van der Waals surface area contributed by atoms with Crippen LogP contribution in [0.2, 0.25) is 0 Å². The van der Waals surface area contributed by atoms with Gasteiger partial charge in [-0.2, -0.15) is 0 Å². The molecule has 0 saturated heterocycles. The average Bonchev–Trinajstić information content (AvgIpc) is 3.64. The second-order valence-corrected chi connectivity index (χ2v) is 19.3. The molecular weight excluding hydrogens is 773 g/mol. The van der Waals surface area contributed by atoms with Gasteiger partial charge in [-0.1, -0.05) is 176 Å². The molecule has 0 unspecified atom stereocenters. The summed E-state index contributed by atoms with van der Waals surface area (Å²) in [6.45, 7) is 0. The van der Waals surface area contributed by atoms with E-state index in [2.05, 4.69) is 188 Å². The Kier molecular flexibility index (Phi) is 7.90. The van der Waals surface area contributed by atoms with Crippen molar-refractivity contribution >= 4 is 32.3 Å². The lowest BCUT2D eigenvalue weighted by molar-refractivity contribution is -0.0398. The van der Waals surface area contributed by atoms with E-state index in [0.717, 1.165) is 57.6 Å². The van der Waals surface area contributed by atoms with Crippen molar-refractivity contribution in [2.24, 2.45) is 23.7 Å². The molecule has 0 amide bonds. The summed E-state index contributed by atoms with van der Waals surface area (Å²) in [4.78, 5) is 10.5. The summed E-state index contributed by atoms with van der Waals surface area (Å²) < 4.78 is 0. The fourth-order valence-corrected chi connectivity index (χ4v) is 13.7. The zero-order valence-corrected chi connectivity index (χ0v) is 35.7. The van der Waals surface area contributed by atoms with Crippen molar-refractivity contribution in [2.75, 3.05) is 0 Å². The molecule has 0 atom stereocenters. The normalized spacial score (nSPS) is 21.5. The van der Waals surface area contributed by atoms with Crippen molar-refractivity contribution < 1.29 is 0 Å². The van der Waals surface area contributed by atoms with Gasteiger partial charge in [-0.05, 0) is 151 Å². The molecule has 2 heteroatoms. The van der Waals surface area contributed by atoms with E-state index in [9.17, 15) is 0 Å². The quantitative estimate of drug-likeness (QED) is 0.162. The third-order valence-corrected chi connectivity index (χ3v) is 16.0. The lowest BCUT2D eigenvalue weighted by Crippen LogP contribution is -2.55. The van der Waals surface area contributed by atoms with Crippen LogP contribution in [-0.4, -0.2) is 9.97 Å². The van der Waals surface area contributed by atoms with Gasteiger partial charge in [0.1, 0.15) is 0 Å². The number of fused-ring (bicyclic) bond motifs is 6. The molecule has 0 N–H and O–H groups in total. The minimum Gasteiger partial charge on any atom is -0.228 e. The minimum atomic E-state index is 0.116. The van der Waals surface area contributed by atoms with Gasteiger partial charge in [-0.15, -0.1) is 0 Å². The van der Waals surface area contributed by atoms with Gasteiger partial charge in [0.05, 0.1) is 11.4 Å². The summed E-state index contributed by atoms with van der Waals surface area (Å²) >= 11 is 0. The highest BCUT2D eigenvalue weighted by Gasteiger charge is 2.61. The fraction of sp³-hybridized carbons (Fsp3) is 0.161. The number of aromatic nitrogens is 2. The standard InChI is InChI=1S/C62H46N2/c1-3-14-41(15-4-1)56-37-57(64-61(63-56)43-16-5-2-6-17-43)60-51-22-11-9-20-49(51)58(50-21-10-12-23-52(50)60)42-28-26-40(27-29-42)48-24-13-25-54-59(48)53-35-44-18-7-8-19-45(44)36-55(53)62(54)46-31-38-30-39(33-46)34-47(62)32-38/h1-29,35-39,46-47H,30-34H2. The highest BCUT2D eigenvalue weighted by atomic mass is 14.9. The highest BCUT2D eigenvalue weighted by molar-refractivity contribution is 6.21. The molecule has 10 aromatic rings. The molecule has 4 fully saturated rings. The van der Waals surface area contributed by atoms with Gasteiger partial charge in [0.15, 0.2) is 5.82 Å². The Balaban J connectivity index is 0.940. The summed E-state index contributed by atoms with van der Waals surface area (Å²) in [5, 5.41) is 7.53. The number of hydrogen-bond acceptors (Lipinski definition) is 2. The predicted molar refractivity (Wildman–Crippen MR) is 265 cm³/mol. The first kappa shape index (κ1) is 36.3. The van der Waals surface area contributed by atoms with Gasteiger partial charge in [0, 0.05) is 22.1 Å². The molecule has 4 saturated carbocycles. The van der Waals surface area contributed by atoms with Crippen LogP contribution in [0.4, 0.5) is 0 Å². The van der Waals surface area contributed by atoms with Crippen molar-refractivity contribution in [1.29, 1.82) is 0 Å². The summed E-state index contributed by atoms with van der Waals surface area (Å²) in [5.74, 6) is 4.01. The number of rotatable bonds is 5. The number of benzene rings is 9. The first-order valence-corrected chi connectivity index (χ1v) is 23.4. The molecular formula is C62H46N2. The number of hydrogen-bond donors (Lipinski definition) is 0. The van der Waals surface area contributed by atoms with E-state index in [0.29, 0.717) is 0 Å². The van der Waals surface area contributed by atoms with Crippen LogP contribution >= 0.6 is 0 Å². The molecule has 64 heavy (non-hydrogen) atoms. The molecule has 5 aliphatic carbocycles. The third kappa shape index (κ3) is 5.26. The Hall–Kier alpha value is -7.16. The lowest BCUT2D eigenvalue weighted by Gasteiger charge is -2.61. The average molecular weight is 819 g/mol. The van der Waals surface area contributed by atoms with Crippen molar-refractivity contribution in [1.82, 2.24) is 9.97 Å². The smallest absolute Gasteiger partial charge is 0.160 e. The van der Waals surface area contributed by atoms with Crippen molar-refractivity contribution in [3.63, 3.8) is 0 Å². The Morgan fingerprint density at radius 1 is 0.344 bits per heavy atom. The summed E-state index contributed by atoms with van der Waals surface area (Å²) in [5.41, 5.74) is 16.5. The zero-order chi connectivity index (χ0) is 41.9. The van der Waals surface area contributed by atoms with Crippen LogP contribution < -0.4 is 0 Å². The Morgan fingerprint density at radius 3 is 1.52 bits per heavy atom. The fourth-order valence-electron chi connectivity index (χ4n) is 13.7. The van der Waals surface area contributed by atoms with E-state index >= 15 is 0 Å². The third-order valence-electron chi connectivity index (χ3n) is 16.0. The molecule has 1 aromatic heterocycles. The van der Waals surface area contributed by atoms with E-state index < -0.39 is 0 Å².